The van der Waals surface area contributed by atoms with E-state index in [1.54, 1.807) is 12.1 Å². The lowest BCUT2D eigenvalue weighted by atomic mass is 9.87. The van der Waals surface area contributed by atoms with E-state index in [0.717, 1.165) is 23.2 Å². The Hall–Kier alpha value is -1.10. The summed E-state index contributed by atoms with van der Waals surface area (Å²) in [5.74, 6) is 0.781. The summed E-state index contributed by atoms with van der Waals surface area (Å²) in [4.78, 5) is 10.7. The van der Waals surface area contributed by atoms with E-state index in [0.29, 0.717) is 11.7 Å². The first-order valence-electron chi connectivity index (χ1n) is 6.26. The van der Waals surface area contributed by atoms with Crippen LogP contribution in [0.15, 0.2) is 22.7 Å². The molecule has 5 heteroatoms. The van der Waals surface area contributed by atoms with E-state index < -0.39 is 0 Å². The minimum Gasteiger partial charge on any atom is -0.377 e. The first-order valence-corrected chi connectivity index (χ1v) is 7.06. The molecule has 1 saturated carbocycles. The maximum Gasteiger partial charge on any atom is 0.293 e. The summed E-state index contributed by atoms with van der Waals surface area (Å²) in [6.45, 7) is 2.26. The SMILES string of the molecule is CC1CCC(Nc2ccc(Br)cc2[N+](=O)[O-])CC1. The molecule has 2 rings (SSSR count). The van der Waals surface area contributed by atoms with E-state index in [2.05, 4.69) is 28.2 Å². The van der Waals surface area contributed by atoms with Gasteiger partial charge in [0, 0.05) is 16.6 Å². The Morgan fingerprint density at radius 3 is 2.61 bits per heavy atom. The normalized spacial score (nSPS) is 23.7. The Labute approximate surface area is 115 Å². The molecule has 0 amide bonds. The topological polar surface area (TPSA) is 55.2 Å². The molecular weight excluding hydrogens is 296 g/mol. The Bertz CT molecular complexity index is 443. The van der Waals surface area contributed by atoms with Crippen LogP contribution in [0.1, 0.15) is 32.6 Å². The summed E-state index contributed by atoms with van der Waals surface area (Å²) in [6, 6.07) is 5.52. The van der Waals surface area contributed by atoms with Crippen LogP contribution in [0.25, 0.3) is 0 Å². The Morgan fingerprint density at radius 2 is 2.00 bits per heavy atom. The van der Waals surface area contributed by atoms with Crippen molar-refractivity contribution in [2.75, 3.05) is 5.32 Å². The molecule has 4 nitrogen and oxygen atoms in total. The van der Waals surface area contributed by atoms with Gasteiger partial charge >= 0.3 is 0 Å². The van der Waals surface area contributed by atoms with Crippen molar-refractivity contribution in [1.82, 2.24) is 0 Å². The van der Waals surface area contributed by atoms with Crippen LogP contribution >= 0.6 is 15.9 Å². The zero-order valence-electron chi connectivity index (χ0n) is 10.4. The standard InChI is InChI=1S/C13H17BrN2O2/c1-9-2-5-11(6-3-9)15-12-7-4-10(14)8-13(12)16(17)18/h4,7-9,11,15H,2-3,5-6H2,1H3. The van der Waals surface area contributed by atoms with Gasteiger partial charge in [-0.2, -0.15) is 0 Å². The fourth-order valence-electron chi connectivity index (χ4n) is 2.40. The van der Waals surface area contributed by atoms with Crippen molar-refractivity contribution in [3.8, 4) is 0 Å². The molecule has 1 aromatic carbocycles. The highest BCUT2D eigenvalue weighted by Crippen LogP contribution is 2.31. The summed E-state index contributed by atoms with van der Waals surface area (Å²) in [6.07, 6.45) is 4.58. The number of nitro groups is 1. The lowest BCUT2D eigenvalue weighted by Crippen LogP contribution is -2.25. The van der Waals surface area contributed by atoms with Gasteiger partial charge in [0.15, 0.2) is 0 Å². The van der Waals surface area contributed by atoms with Crippen LogP contribution < -0.4 is 5.32 Å². The molecule has 98 valence electrons. The molecule has 1 N–H and O–H groups in total. The van der Waals surface area contributed by atoms with Gasteiger partial charge in [0.1, 0.15) is 5.69 Å². The van der Waals surface area contributed by atoms with Crippen LogP contribution in [0, 0.1) is 16.0 Å². The molecule has 0 unspecified atom stereocenters. The lowest BCUT2D eigenvalue weighted by Gasteiger charge is -2.27. The van der Waals surface area contributed by atoms with Crippen molar-refractivity contribution in [1.29, 1.82) is 0 Å². The third kappa shape index (κ3) is 3.22. The third-order valence-electron chi connectivity index (χ3n) is 3.53. The molecule has 1 aromatic rings. The molecular formula is C13H17BrN2O2. The number of nitrogens with one attached hydrogen (secondary N) is 1. The van der Waals surface area contributed by atoms with Gasteiger partial charge in [-0.05, 0) is 43.7 Å². The van der Waals surface area contributed by atoms with Gasteiger partial charge in [-0.25, -0.2) is 0 Å². The molecule has 0 aromatic heterocycles. The minimum atomic E-state index is -0.335. The summed E-state index contributed by atoms with van der Waals surface area (Å²) < 4.78 is 0.733. The zero-order chi connectivity index (χ0) is 13.1. The second-order valence-electron chi connectivity index (χ2n) is 5.02. The number of hydrogen-bond acceptors (Lipinski definition) is 3. The quantitative estimate of drug-likeness (QED) is 0.667. The Balaban J connectivity index is 2.11. The van der Waals surface area contributed by atoms with Crippen molar-refractivity contribution in [2.45, 2.75) is 38.6 Å². The molecule has 0 atom stereocenters. The fourth-order valence-corrected chi connectivity index (χ4v) is 2.75. The molecule has 18 heavy (non-hydrogen) atoms. The summed E-state index contributed by atoms with van der Waals surface area (Å²) >= 11 is 3.27. The number of benzene rings is 1. The summed E-state index contributed by atoms with van der Waals surface area (Å²) in [5, 5.41) is 14.3. The average molecular weight is 313 g/mol. The number of rotatable bonds is 3. The third-order valence-corrected chi connectivity index (χ3v) is 4.03. The highest BCUT2D eigenvalue weighted by molar-refractivity contribution is 9.10. The Morgan fingerprint density at radius 1 is 1.33 bits per heavy atom. The summed E-state index contributed by atoms with van der Waals surface area (Å²) in [7, 11) is 0. The van der Waals surface area contributed by atoms with Crippen LogP contribution in [0.4, 0.5) is 11.4 Å². The molecule has 1 aliphatic rings. The first-order chi connectivity index (χ1) is 8.56. The summed E-state index contributed by atoms with van der Waals surface area (Å²) in [5.41, 5.74) is 0.769. The van der Waals surface area contributed by atoms with Gasteiger partial charge in [0.2, 0.25) is 0 Å². The van der Waals surface area contributed by atoms with Gasteiger partial charge in [0.05, 0.1) is 4.92 Å². The van der Waals surface area contributed by atoms with Gasteiger partial charge in [-0.15, -0.1) is 0 Å². The lowest BCUT2D eigenvalue weighted by molar-refractivity contribution is -0.384. The van der Waals surface area contributed by atoms with Crippen LogP contribution in [0.2, 0.25) is 0 Å². The van der Waals surface area contributed by atoms with Crippen molar-refractivity contribution in [3.63, 3.8) is 0 Å². The maximum absolute atomic E-state index is 11.0. The van der Waals surface area contributed by atoms with Crippen molar-refractivity contribution in [2.24, 2.45) is 5.92 Å². The van der Waals surface area contributed by atoms with Crippen LogP contribution in [0.5, 0.6) is 0 Å². The molecule has 0 aliphatic heterocycles. The van der Waals surface area contributed by atoms with Crippen molar-refractivity contribution >= 4 is 27.3 Å². The first kappa shape index (κ1) is 13.3. The predicted octanol–water partition coefficient (Wildman–Crippen LogP) is 4.35. The van der Waals surface area contributed by atoms with Gasteiger partial charge in [-0.3, -0.25) is 10.1 Å². The number of hydrogen-bond donors (Lipinski definition) is 1. The minimum absolute atomic E-state index is 0.142. The second-order valence-corrected chi connectivity index (χ2v) is 5.94. The number of halogens is 1. The van der Waals surface area contributed by atoms with Crippen LogP contribution in [-0.4, -0.2) is 11.0 Å². The fraction of sp³-hybridized carbons (Fsp3) is 0.538. The van der Waals surface area contributed by atoms with Gasteiger partial charge in [-0.1, -0.05) is 22.9 Å². The van der Waals surface area contributed by atoms with Gasteiger partial charge < -0.3 is 5.32 Å². The highest BCUT2D eigenvalue weighted by Gasteiger charge is 2.21. The van der Waals surface area contributed by atoms with E-state index in [1.165, 1.54) is 12.8 Å². The number of nitro benzene ring substituents is 1. The van der Waals surface area contributed by atoms with Gasteiger partial charge in [0.25, 0.3) is 5.69 Å². The van der Waals surface area contributed by atoms with Crippen LogP contribution in [0.3, 0.4) is 0 Å². The number of nitrogens with zero attached hydrogens (tertiary/aromatic N) is 1. The van der Waals surface area contributed by atoms with E-state index >= 15 is 0 Å². The Kier molecular flexibility index (Phi) is 4.22. The molecule has 0 heterocycles. The van der Waals surface area contributed by atoms with E-state index in [-0.39, 0.29) is 10.6 Å². The largest absolute Gasteiger partial charge is 0.377 e. The molecule has 0 radical (unpaired) electrons. The number of anilines is 1. The molecule has 0 spiro atoms. The average Bonchev–Trinajstić information content (AvgIpc) is 2.34. The van der Waals surface area contributed by atoms with Crippen molar-refractivity contribution < 1.29 is 4.92 Å². The van der Waals surface area contributed by atoms with E-state index in [9.17, 15) is 10.1 Å². The van der Waals surface area contributed by atoms with E-state index in [1.807, 2.05) is 6.07 Å². The predicted molar refractivity (Wildman–Crippen MR) is 75.8 cm³/mol. The van der Waals surface area contributed by atoms with E-state index in [4.69, 9.17) is 0 Å². The maximum atomic E-state index is 11.0. The zero-order valence-corrected chi connectivity index (χ0v) is 11.9. The monoisotopic (exact) mass is 312 g/mol. The molecule has 0 bridgehead atoms. The highest BCUT2D eigenvalue weighted by atomic mass is 79.9. The van der Waals surface area contributed by atoms with Crippen molar-refractivity contribution in [3.05, 3.63) is 32.8 Å². The molecule has 1 aliphatic carbocycles. The van der Waals surface area contributed by atoms with Crippen LogP contribution in [-0.2, 0) is 0 Å². The molecule has 0 saturated heterocycles. The second kappa shape index (κ2) is 5.69. The smallest absolute Gasteiger partial charge is 0.293 e. The molecule has 1 fully saturated rings.